The van der Waals surface area contributed by atoms with Gasteiger partial charge in [-0.15, -0.1) is 0 Å². The molecular formula is C16H24N2O2. The molecule has 0 bridgehead atoms. The molecule has 110 valence electrons. The van der Waals surface area contributed by atoms with Crippen LogP contribution in [0.15, 0.2) is 18.2 Å². The number of ether oxygens (including phenoxy) is 2. The van der Waals surface area contributed by atoms with Gasteiger partial charge >= 0.3 is 0 Å². The number of likely N-dealkylation sites (N-methyl/N-ethyl adjacent to an activating group) is 1. The summed E-state index contributed by atoms with van der Waals surface area (Å²) in [4.78, 5) is 2.27. The van der Waals surface area contributed by atoms with Crippen LogP contribution >= 0.6 is 0 Å². The molecule has 0 atom stereocenters. The van der Waals surface area contributed by atoms with Gasteiger partial charge < -0.3 is 14.8 Å². The molecule has 1 N–H and O–H groups in total. The van der Waals surface area contributed by atoms with Crippen LogP contribution in [-0.2, 0) is 0 Å². The summed E-state index contributed by atoms with van der Waals surface area (Å²) in [5, 5.41) is 3.42. The summed E-state index contributed by atoms with van der Waals surface area (Å²) >= 11 is 0. The first-order chi connectivity index (χ1) is 9.78. The van der Waals surface area contributed by atoms with Gasteiger partial charge in [-0.2, -0.15) is 0 Å². The average molecular weight is 276 g/mol. The van der Waals surface area contributed by atoms with Gasteiger partial charge in [0.2, 0.25) is 0 Å². The minimum absolute atomic E-state index is 0.303. The lowest BCUT2D eigenvalue weighted by atomic mass is 9.89. The smallest absolute Gasteiger partial charge is 0.165 e. The molecule has 1 aromatic carbocycles. The van der Waals surface area contributed by atoms with Gasteiger partial charge in [0.15, 0.2) is 11.5 Å². The number of nitrogens with one attached hydrogen (secondary N) is 1. The van der Waals surface area contributed by atoms with E-state index >= 15 is 0 Å². The molecule has 0 spiro atoms. The number of para-hydroxylation sites is 1. The standard InChI is InChI=1S/C16H24N2O2/c1-18-10-13(11-18)20-16-14(4-3-5-15(16)19-2)12-6-8-17-9-7-12/h3-5,12-13,17H,6-11H2,1-2H3. The molecule has 1 aromatic rings. The molecule has 0 radical (unpaired) electrons. The highest BCUT2D eigenvalue weighted by Crippen LogP contribution is 2.40. The van der Waals surface area contributed by atoms with E-state index in [0.717, 1.165) is 37.7 Å². The van der Waals surface area contributed by atoms with E-state index in [1.807, 2.05) is 6.07 Å². The lowest BCUT2D eigenvalue weighted by Gasteiger charge is -2.37. The Balaban J connectivity index is 1.83. The topological polar surface area (TPSA) is 33.7 Å². The zero-order valence-electron chi connectivity index (χ0n) is 12.4. The molecule has 0 unspecified atom stereocenters. The van der Waals surface area contributed by atoms with Gasteiger partial charge in [0.1, 0.15) is 6.10 Å². The molecule has 2 aliphatic heterocycles. The predicted molar refractivity (Wildman–Crippen MR) is 79.8 cm³/mol. The molecule has 4 nitrogen and oxygen atoms in total. The van der Waals surface area contributed by atoms with Crippen molar-refractivity contribution in [1.82, 2.24) is 10.2 Å². The molecule has 3 rings (SSSR count). The average Bonchev–Trinajstić information content (AvgIpc) is 2.46. The van der Waals surface area contributed by atoms with Crippen LogP contribution in [0.25, 0.3) is 0 Å². The predicted octanol–water partition coefficient (Wildman–Crippen LogP) is 1.85. The van der Waals surface area contributed by atoms with Crippen molar-refractivity contribution in [1.29, 1.82) is 0 Å². The second-order valence-corrected chi connectivity index (χ2v) is 5.86. The van der Waals surface area contributed by atoms with Crippen molar-refractivity contribution >= 4 is 0 Å². The van der Waals surface area contributed by atoms with E-state index < -0.39 is 0 Å². The van der Waals surface area contributed by atoms with Crippen molar-refractivity contribution in [3.05, 3.63) is 23.8 Å². The molecule has 2 heterocycles. The molecular weight excluding hydrogens is 252 g/mol. The van der Waals surface area contributed by atoms with E-state index in [1.54, 1.807) is 7.11 Å². The van der Waals surface area contributed by atoms with Crippen molar-refractivity contribution in [2.24, 2.45) is 0 Å². The summed E-state index contributed by atoms with van der Waals surface area (Å²) < 4.78 is 11.8. The van der Waals surface area contributed by atoms with Gasteiger partial charge in [-0.05, 0) is 45.0 Å². The highest BCUT2D eigenvalue weighted by Gasteiger charge is 2.28. The number of hydrogen-bond donors (Lipinski definition) is 1. The number of likely N-dealkylation sites (tertiary alicyclic amines) is 1. The zero-order valence-corrected chi connectivity index (χ0v) is 12.4. The summed E-state index contributed by atoms with van der Waals surface area (Å²) in [5.74, 6) is 2.43. The molecule has 2 aliphatic rings. The van der Waals surface area contributed by atoms with E-state index in [1.165, 1.54) is 18.4 Å². The van der Waals surface area contributed by atoms with Gasteiger partial charge in [0.05, 0.1) is 7.11 Å². The molecule has 0 aliphatic carbocycles. The molecule has 4 heteroatoms. The first-order valence-corrected chi connectivity index (χ1v) is 7.50. The van der Waals surface area contributed by atoms with Crippen molar-refractivity contribution < 1.29 is 9.47 Å². The van der Waals surface area contributed by atoms with Gasteiger partial charge in [0.25, 0.3) is 0 Å². The Hall–Kier alpha value is -1.26. The fourth-order valence-electron chi connectivity index (χ4n) is 3.16. The number of nitrogens with zero attached hydrogens (tertiary/aromatic N) is 1. The summed E-state index contributed by atoms with van der Waals surface area (Å²) in [5.41, 5.74) is 1.32. The Kier molecular flexibility index (Phi) is 4.13. The Labute approximate surface area is 121 Å². The lowest BCUT2D eigenvalue weighted by Crippen LogP contribution is -2.51. The first kappa shape index (κ1) is 13.7. The molecule has 0 amide bonds. The van der Waals surface area contributed by atoms with Crippen molar-refractivity contribution in [2.45, 2.75) is 24.9 Å². The van der Waals surface area contributed by atoms with E-state index in [2.05, 4.69) is 29.4 Å². The summed E-state index contributed by atoms with van der Waals surface area (Å²) in [7, 11) is 3.84. The van der Waals surface area contributed by atoms with E-state index in [0.29, 0.717) is 12.0 Å². The number of methoxy groups -OCH3 is 1. The second kappa shape index (κ2) is 6.02. The Morgan fingerprint density at radius 1 is 1.20 bits per heavy atom. The van der Waals surface area contributed by atoms with Crippen LogP contribution in [0.3, 0.4) is 0 Å². The molecule has 0 saturated carbocycles. The molecule has 2 fully saturated rings. The molecule has 0 aromatic heterocycles. The van der Waals surface area contributed by atoms with Gasteiger partial charge in [-0.25, -0.2) is 0 Å². The number of piperidine rings is 1. The maximum atomic E-state index is 6.24. The fourth-order valence-corrected chi connectivity index (χ4v) is 3.16. The number of rotatable bonds is 4. The molecule has 20 heavy (non-hydrogen) atoms. The Morgan fingerprint density at radius 2 is 1.95 bits per heavy atom. The Morgan fingerprint density at radius 3 is 2.60 bits per heavy atom. The number of hydrogen-bond acceptors (Lipinski definition) is 4. The zero-order chi connectivity index (χ0) is 13.9. The van der Waals surface area contributed by atoms with Crippen LogP contribution in [0.2, 0.25) is 0 Å². The summed E-state index contributed by atoms with van der Waals surface area (Å²) in [6, 6.07) is 6.29. The maximum absolute atomic E-state index is 6.24. The third-order valence-electron chi connectivity index (χ3n) is 4.32. The van der Waals surface area contributed by atoms with E-state index in [9.17, 15) is 0 Å². The highest BCUT2D eigenvalue weighted by molar-refractivity contribution is 5.48. The molecule has 2 saturated heterocycles. The van der Waals surface area contributed by atoms with Gasteiger partial charge in [0, 0.05) is 18.7 Å². The van der Waals surface area contributed by atoms with Crippen LogP contribution in [-0.4, -0.2) is 51.3 Å². The van der Waals surface area contributed by atoms with Crippen molar-refractivity contribution in [3.63, 3.8) is 0 Å². The summed E-state index contributed by atoms with van der Waals surface area (Å²) in [6.45, 7) is 4.19. The van der Waals surface area contributed by atoms with Gasteiger partial charge in [-0.1, -0.05) is 12.1 Å². The van der Waals surface area contributed by atoms with Crippen molar-refractivity contribution in [2.75, 3.05) is 40.3 Å². The van der Waals surface area contributed by atoms with Crippen LogP contribution in [0.4, 0.5) is 0 Å². The number of benzene rings is 1. The maximum Gasteiger partial charge on any atom is 0.165 e. The van der Waals surface area contributed by atoms with Gasteiger partial charge in [-0.3, -0.25) is 4.90 Å². The minimum Gasteiger partial charge on any atom is -0.493 e. The summed E-state index contributed by atoms with van der Waals surface area (Å²) in [6.07, 6.45) is 2.65. The fraction of sp³-hybridized carbons (Fsp3) is 0.625. The lowest BCUT2D eigenvalue weighted by molar-refractivity contribution is 0.0358. The van der Waals surface area contributed by atoms with Crippen LogP contribution in [0.5, 0.6) is 11.5 Å². The highest BCUT2D eigenvalue weighted by atomic mass is 16.5. The van der Waals surface area contributed by atoms with Crippen LogP contribution in [0.1, 0.15) is 24.3 Å². The second-order valence-electron chi connectivity index (χ2n) is 5.86. The first-order valence-electron chi connectivity index (χ1n) is 7.50. The quantitative estimate of drug-likeness (QED) is 0.910. The normalized spacial score (nSPS) is 21.5. The largest absolute Gasteiger partial charge is 0.493 e. The minimum atomic E-state index is 0.303. The Bertz CT molecular complexity index is 452. The third kappa shape index (κ3) is 2.76. The third-order valence-corrected chi connectivity index (χ3v) is 4.32. The van der Waals surface area contributed by atoms with Crippen LogP contribution in [0, 0.1) is 0 Å². The van der Waals surface area contributed by atoms with E-state index in [4.69, 9.17) is 9.47 Å². The van der Waals surface area contributed by atoms with E-state index in [-0.39, 0.29) is 0 Å². The monoisotopic (exact) mass is 276 g/mol. The SMILES string of the molecule is COc1cccc(C2CCNCC2)c1OC1CN(C)C1. The van der Waals surface area contributed by atoms with Crippen LogP contribution < -0.4 is 14.8 Å². The van der Waals surface area contributed by atoms with Crippen molar-refractivity contribution in [3.8, 4) is 11.5 Å².